The Kier molecular flexibility index (Phi) is 6.29. The van der Waals surface area contributed by atoms with E-state index in [9.17, 15) is 4.79 Å². The van der Waals surface area contributed by atoms with Crippen molar-refractivity contribution in [3.8, 4) is 0 Å². The molecular formula is C14H22N2O3. The van der Waals surface area contributed by atoms with E-state index in [0.29, 0.717) is 5.82 Å². The van der Waals surface area contributed by atoms with Crippen molar-refractivity contribution in [2.24, 2.45) is 0 Å². The Labute approximate surface area is 114 Å². The lowest BCUT2D eigenvalue weighted by Crippen LogP contribution is -2.09. The molecule has 19 heavy (non-hydrogen) atoms. The van der Waals surface area contributed by atoms with Gasteiger partial charge in [0.2, 0.25) is 0 Å². The van der Waals surface area contributed by atoms with Crippen molar-refractivity contribution < 1.29 is 14.6 Å². The standard InChI is InChI=1S/C14H22N2O3/c1-10(2)12-8-11(14(17)18)9-13(16-12)15-6-4-5-7-19-3/h8-10H,4-7H2,1-3H3,(H,15,16)(H,17,18). The highest BCUT2D eigenvalue weighted by Gasteiger charge is 2.10. The average Bonchev–Trinajstić information content (AvgIpc) is 2.38. The number of nitrogens with zero attached hydrogens (tertiary/aromatic N) is 1. The van der Waals surface area contributed by atoms with E-state index in [1.54, 1.807) is 19.2 Å². The van der Waals surface area contributed by atoms with Gasteiger partial charge in [-0.15, -0.1) is 0 Å². The molecule has 0 unspecified atom stereocenters. The zero-order chi connectivity index (χ0) is 14.3. The van der Waals surface area contributed by atoms with Crippen molar-refractivity contribution in [3.63, 3.8) is 0 Å². The number of hydrogen-bond acceptors (Lipinski definition) is 4. The van der Waals surface area contributed by atoms with Gasteiger partial charge in [0.05, 0.1) is 5.56 Å². The first kappa shape index (κ1) is 15.4. The molecule has 0 fully saturated rings. The SMILES string of the molecule is COCCCCNc1cc(C(=O)O)cc(C(C)C)n1. The zero-order valence-electron chi connectivity index (χ0n) is 11.8. The van der Waals surface area contributed by atoms with Gasteiger partial charge in [0, 0.05) is 26.0 Å². The normalized spacial score (nSPS) is 10.7. The van der Waals surface area contributed by atoms with Gasteiger partial charge < -0.3 is 15.2 Å². The molecule has 106 valence electrons. The summed E-state index contributed by atoms with van der Waals surface area (Å²) in [5, 5.41) is 12.2. The van der Waals surface area contributed by atoms with E-state index < -0.39 is 5.97 Å². The lowest BCUT2D eigenvalue weighted by Gasteiger charge is -2.11. The highest BCUT2D eigenvalue weighted by atomic mass is 16.5. The average molecular weight is 266 g/mol. The van der Waals surface area contributed by atoms with Crippen LogP contribution in [0.4, 0.5) is 5.82 Å². The lowest BCUT2D eigenvalue weighted by atomic mass is 10.1. The van der Waals surface area contributed by atoms with Crippen LogP contribution in [0.25, 0.3) is 0 Å². The summed E-state index contributed by atoms with van der Waals surface area (Å²) in [7, 11) is 1.68. The topological polar surface area (TPSA) is 71.5 Å². The van der Waals surface area contributed by atoms with Crippen molar-refractivity contribution in [2.75, 3.05) is 25.6 Å². The Balaban J connectivity index is 2.68. The molecule has 0 radical (unpaired) electrons. The number of nitrogens with one attached hydrogen (secondary N) is 1. The summed E-state index contributed by atoms with van der Waals surface area (Å²) in [5.41, 5.74) is 1.07. The number of ether oxygens (including phenoxy) is 1. The lowest BCUT2D eigenvalue weighted by molar-refractivity contribution is 0.0696. The fraction of sp³-hybridized carbons (Fsp3) is 0.571. The van der Waals surface area contributed by atoms with Crippen LogP contribution >= 0.6 is 0 Å². The maximum Gasteiger partial charge on any atom is 0.335 e. The van der Waals surface area contributed by atoms with Crippen LogP contribution in [-0.4, -0.2) is 36.3 Å². The van der Waals surface area contributed by atoms with E-state index in [1.165, 1.54) is 0 Å². The van der Waals surface area contributed by atoms with E-state index in [2.05, 4.69) is 10.3 Å². The first-order valence-corrected chi connectivity index (χ1v) is 6.52. The smallest absolute Gasteiger partial charge is 0.335 e. The monoisotopic (exact) mass is 266 g/mol. The van der Waals surface area contributed by atoms with Crippen molar-refractivity contribution in [3.05, 3.63) is 23.4 Å². The van der Waals surface area contributed by atoms with E-state index in [0.717, 1.165) is 31.7 Å². The first-order valence-electron chi connectivity index (χ1n) is 6.52. The van der Waals surface area contributed by atoms with Gasteiger partial charge in [-0.2, -0.15) is 0 Å². The Bertz CT molecular complexity index is 419. The molecular weight excluding hydrogens is 244 g/mol. The predicted octanol–water partition coefficient (Wildman–Crippen LogP) is 2.74. The third-order valence-electron chi connectivity index (χ3n) is 2.76. The van der Waals surface area contributed by atoms with Crippen LogP contribution in [0.15, 0.2) is 12.1 Å². The minimum atomic E-state index is -0.924. The second-order valence-electron chi connectivity index (χ2n) is 4.75. The number of aromatic nitrogens is 1. The summed E-state index contributed by atoms with van der Waals surface area (Å²) in [5.74, 6) is -0.0962. The maximum atomic E-state index is 11.1. The van der Waals surface area contributed by atoms with Crippen LogP contribution in [0.3, 0.4) is 0 Å². The largest absolute Gasteiger partial charge is 0.478 e. The molecule has 0 spiro atoms. The van der Waals surface area contributed by atoms with Crippen LogP contribution in [-0.2, 0) is 4.74 Å². The number of carboxylic acid groups (broad SMARTS) is 1. The van der Waals surface area contributed by atoms with E-state index in [1.807, 2.05) is 13.8 Å². The second-order valence-corrected chi connectivity index (χ2v) is 4.75. The third kappa shape index (κ3) is 5.26. The molecule has 1 rings (SSSR count). The Hall–Kier alpha value is -1.62. The quantitative estimate of drug-likeness (QED) is 0.708. The van der Waals surface area contributed by atoms with Gasteiger partial charge in [0.25, 0.3) is 0 Å². The summed E-state index contributed by atoms with van der Waals surface area (Å²) in [6, 6.07) is 3.20. The molecule has 1 heterocycles. The predicted molar refractivity (Wildman–Crippen MR) is 74.9 cm³/mol. The molecule has 5 nitrogen and oxygen atoms in total. The molecule has 0 aliphatic rings. The van der Waals surface area contributed by atoms with Crippen LogP contribution in [0, 0.1) is 0 Å². The van der Waals surface area contributed by atoms with Gasteiger partial charge >= 0.3 is 5.97 Å². The number of rotatable bonds is 8. The van der Waals surface area contributed by atoms with Gasteiger partial charge in [-0.3, -0.25) is 0 Å². The van der Waals surface area contributed by atoms with Crippen LogP contribution < -0.4 is 5.32 Å². The molecule has 0 aliphatic heterocycles. The number of hydrogen-bond donors (Lipinski definition) is 2. The van der Waals surface area contributed by atoms with Gasteiger partial charge in [-0.05, 0) is 30.9 Å². The minimum absolute atomic E-state index is 0.202. The van der Waals surface area contributed by atoms with E-state index in [-0.39, 0.29) is 11.5 Å². The number of anilines is 1. The highest BCUT2D eigenvalue weighted by Crippen LogP contribution is 2.17. The van der Waals surface area contributed by atoms with E-state index in [4.69, 9.17) is 9.84 Å². The minimum Gasteiger partial charge on any atom is -0.478 e. The molecule has 2 N–H and O–H groups in total. The molecule has 1 aromatic rings. The molecule has 0 atom stereocenters. The van der Waals surface area contributed by atoms with Gasteiger partial charge in [0.1, 0.15) is 5.82 Å². The van der Waals surface area contributed by atoms with Gasteiger partial charge in [-0.25, -0.2) is 9.78 Å². The molecule has 0 bridgehead atoms. The molecule has 0 saturated heterocycles. The van der Waals surface area contributed by atoms with Crippen LogP contribution in [0.2, 0.25) is 0 Å². The second kappa shape index (κ2) is 7.74. The van der Waals surface area contributed by atoms with Crippen LogP contribution in [0.1, 0.15) is 48.7 Å². The third-order valence-corrected chi connectivity index (χ3v) is 2.76. The molecule has 0 aromatic carbocycles. The van der Waals surface area contributed by atoms with Gasteiger partial charge in [-0.1, -0.05) is 13.8 Å². The van der Waals surface area contributed by atoms with Crippen molar-refractivity contribution in [1.82, 2.24) is 4.98 Å². The summed E-state index contributed by atoms with van der Waals surface area (Å²) < 4.78 is 4.97. The number of carbonyl (C=O) groups is 1. The fourth-order valence-electron chi connectivity index (χ4n) is 1.65. The summed E-state index contributed by atoms with van der Waals surface area (Å²) in [4.78, 5) is 15.5. The first-order chi connectivity index (χ1) is 9.04. The summed E-state index contributed by atoms with van der Waals surface area (Å²) in [6.45, 7) is 5.49. The zero-order valence-corrected chi connectivity index (χ0v) is 11.8. The van der Waals surface area contributed by atoms with Gasteiger partial charge in [0.15, 0.2) is 0 Å². The Morgan fingerprint density at radius 3 is 2.74 bits per heavy atom. The molecule has 1 aromatic heterocycles. The summed E-state index contributed by atoms with van der Waals surface area (Å²) >= 11 is 0. The molecule has 0 amide bonds. The number of pyridine rings is 1. The van der Waals surface area contributed by atoms with Crippen molar-refractivity contribution in [2.45, 2.75) is 32.6 Å². The maximum absolute atomic E-state index is 11.1. The van der Waals surface area contributed by atoms with Crippen LogP contribution in [0.5, 0.6) is 0 Å². The van der Waals surface area contributed by atoms with E-state index >= 15 is 0 Å². The number of carboxylic acids is 1. The molecule has 5 heteroatoms. The molecule has 0 aliphatic carbocycles. The number of aromatic carboxylic acids is 1. The number of unbranched alkanes of at least 4 members (excludes halogenated alkanes) is 1. The molecule has 0 saturated carbocycles. The Morgan fingerprint density at radius 2 is 2.16 bits per heavy atom. The highest BCUT2D eigenvalue weighted by molar-refractivity contribution is 5.88. The van der Waals surface area contributed by atoms with Crippen molar-refractivity contribution in [1.29, 1.82) is 0 Å². The Morgan fingerprint density at radius 1 is 1.42 bits per heavy atom. The number of methoxy groups -OCH3 is 1. The fourth-order valence-corrected chi connectivity index (χ4v) is 1.65. The van der Waals surface area contributed by atoms with Crippen molar-refractivity contribution >= 4 is 11.8 Å². The summed E-state index contributed by atoms with van der Waals surface area (Å²) in [6.07, 6.45) is 1.93.